The second-order valence-corrected chi connectivity index (χ2v) is 8.40. The number of aromatic nitrogens is 1. The van der Waals surface area contributed by atoms with Gasteiger partial charge in [-0.1, -0.05) is 23.3 Å². The fourth-order valence-electron chi connectivity index (χ4n) is 4.31. The number of hydrogen-bond donors (Lipinski definition) is 1. The number of rotatable bonds is 4. The van der Waals surface area contributed by atoms with E-state index in [9.17, 15) is 9.18 Å². The van der Waals surface area contributed by atoms with Gasteiger partial charge in [-0.25, -0.2) is 4.39 Å². The summed E-state index contributed by atoms with van der Waals surface area (Å²) >= 11 is 5.93. The standard InChI is InChI=1S/C24H21ClFN3O/c25-17-1-4-19(5-2-17)28-23(30)24(10-11-24)16-8-13-29(14-9-16)22-7-12-27-21-6-3-18(26)15-20(21)22/h1-8,12,15H,9-11,13-14H2,(H,28,30). The number of carbonyl (C=O) groups is 1. The van der Waals surface area contributed by atoms with E-state index in [1.807, 2.05) is 18.2 Å². The molecule has 1 aromatic heterocycles. The van der Waals surface area contributed by atoms with Crippen LogP contribution in [-0.4, -0.2) is 24.0 Å². The van der Waals surface area contributed by atoms with Crippen molar-refractivity contribution in [2.75, 3.05) is 23.3 Å². The summed E-state index contributed by atoms with van der Waals surface area (Å²) in [4.78, 5) is 19.6. The number of fused-ring (bicyclic) bond motifs is 1. The first-order chi connectivity index (χ1) is 14.5. The molecular weight excluding hydrogens is 401 g/mol. The van der Waals surface area contributed by atoms with E-state index in [-0.39, 0.29) is 11.7 Å². The number of amides is 1. The van der Waals surface area contributed by atoms with Crippen LogP contribution in [0.2, 0.25) is 5.02 Å². The Morgan fingerprint density at radius 2 is 1.93 bits per heavy atom. The summed E-state index contributed by atoms with van der Waals surface area (Å²) in [7, 11) is 0. The monoisotopic (exact) mass is 421 g/mol. The Kier molecular flexibility index (Phi) is 4.70. The molecule has 2 aliphatic rings. The molecule has 6 heteroatoms. The summed E-state index contributed by atoms with van der Waals surface area (Å²) in [6, 6.07) is 13.8. The van der Waals surface area contributed by atoms with E-state index in [0.29, 0.717) is 11.6 Å². The predicted molar refractivity (Wildman–Crippen MR) is 118 cm³/mol. The minimum atomic E-state index is -0.391. The number of halogens is 2. The van der Waals surface area contributed by atoms with Crippen LogP contribution in [0.15, 0.2) is 66.4 Å². The zero-order valence-electron chi connectivity index (χ0n) is 16.4. The lowest BCUT2D eigenvalue weighted by Crippen LogP contribution is -2.34. The predicted octanol–water partition coefficient (Wildman–Crippen LogP) is 5.58. The summed E-state index contributed by atoms with van der Waals surface area (Å²) in [5.74, 6) is -0.207. The summed E-state index contributed by atoms with van der Waals surface area (Å²) < 4.78 is 13.8. The third-order valence-electron chi connectivity index (χ3n) is 6.13. The molecule has 1 aliphatic heterocycles. The summed E-state index contributed by atoms with van der Waals surface area (Å²) in [5, 5.41) is 4.50. The lowest BCUT2D eigenvalue weighted by Gasteiger charge is -2.32. The van der Waals surface area contributed by atoms with E-state index in [1.165, 1.54) is 11.6 Å². The van der Waals surface area contributed by atoms with Gasteiger partial charge in [0.05, 0.1) is 10.9 Å². The van der Waals surface area contributed by atoms with Crippen LogP contribution >= 0.6 is 11.6 Å². The molecule has 1 saturated carbocycles. The molecule has 0 atom stereocenters. The molecule has 30 heavy (non-hydrogen) atoms. The lowest BCUT2D eigenvalue weighted by atomic mass is 9.89. The molecule has 1 N–H and O–H groups in total. The second kappa shape index (κ2) is 7.40. The molecule has 3 aromatic rings. The van der Waals surface area contributed by atoms with Gasteiger partial charge in [0, 0.05) is 41.1 Å². The molecule has 5 rings (SSSR count). The zero-order valence-corrected chi connectivity index (χ0v) is 17.1. The van der Waals surface area contributed by atoms with E-state index in [0.717, 1.165) is 48.1 Å². The van der Waals surface area contributed by atoms with Gasteiger partial charge in [0.25, 0.3) is 0 Å². The highest BCUT2D eigenvalue weighted by Crippen LogP contribution is 2.54. The quantitative estimate of drug-likeness (QED) is 0.559. The van der Waals surface area contributed by atoms with Gasteiger partial charge in [0.2, 0.25) is 5.91 Å². The van der Waals surface area contributed by atoms with Gasteiger partial charge < -0.3 is 10.2 Å². The maximum Gasteiger partial charge on any atom is 0.234 e. The van der Waals surface area contributed by atoms with Crippen LogP contribution in [0.3, 0.4) is 0 Å². The van der Waals surface area contributed by atoms with Crippen LogP contribution in [0.25, 0.3) is 10.9 Å². The maximum absolute atomic E-state index is 13.8. The molecule has 2 aromatic carbocycles. The molecule has 0 unspecified atom stereocenters. The number of anilines is 2. The number of benzene rings is 2. The van der Waals surface area contributed by atoms with Gasteiger partial charge in [-0.2, -0.15) is 0 Å². The van der Waals surface area contributed by atoms with Crippen molar-refractivity contribution in [1.29, 1.82) is 0 Å². The molecule has 1 aliphatic carbocycles. The normalized spacial score (nSPS) is 17.5. The molecule has 0 bridgehead atoms. The highest BCUT2D eigenvalue weighted by Gasteiger charge is 2.52. The van der Waals surface area contributed by atoms with E-state index in [1.54, 1.807) is 30.5 Å². The Morgan fingerprint density at radius 3 is 2.63 bits per heavy atom. The molecule has 2 heterocycles. The summed E-state index contributed by atoms with van der Waals surface area (Å²) in [6.45, 7) is 1.48. The number of pyridine rings is 1. The average molecular weight is 422 g/mol. The molecule has 0 spiro atoms. The smallest absolute Gasteiger partial charge is 0.234 e. The van der Waals surface area contributed by atoms with Gasteiger partial charge in [-0.05, 0) is 67.8 Å². The van der Waals surface area contributed by atoms with Gasteiger partial charge in [-0.15, -0.1) is 0 Å². The number of hydrogen-bond acceptors (Lipinski definition) is 3. The number of carbonyl (C=O) groups excluding carboxylic acids is 1. The number of nitrogens with zero attached hydrogens (tertiary/aromatic N) is 2. The van der Waals surface area contributed by atoms with Crippen molar-refractivity contribution < 1.29 is 9.18 Å². The van der Waals surface area contributed by atoms with Crippen LogP contribution in [0.1, 0.15) is 19.3 Å². The molecule has 1 amide bonds. The topological polar surface area (TPSA) is 45.2 Å². The average Bonchev–Trinajstić information content (AvgIpc) is 3.57. The first kappa shape index (κ1) is 19.1. The fourth-order valence-corrected chi connectivity index (χ4v) is 4.43. The Bertz CT molecular complexity index is 1150. The zero-order chi connectivity index (χ0) is 20.7. The molecule has 1 fully saturated rings. The third-order valence-corrected chi connectivity index (χ3v) is 6.38. The minimum absolute atomic E-state index is 0.0564. The van der Waals surface area contributed by atoms with Crippen LogP contribution < -0.4 is 10.2 Å². The van der Waals surface area contributed by atoms with Crippen molar-refractivity contribution in [2.24, 2.45) is 5.41 Å². The van der Waals surface area contributed by atoms with E-state index in [2.05, 4.69) is 21.3 Å². The molecule has 4 nitrogen and oxygen atoms in total. The molecule has 152 valence electrons. The van der Waals surface area contributed by atoms with Crippen molar-refractivity contribution in [3.05, 3.63) is 77.2 Å². The van der Waals surface area contributed by atoms with Crippen molar-refractivity contribution in [1.82, 2.24) is 4.98 Å². The Hall–Kier alpha value is -2.92. The van der Waals surface area contributed by atoms with Crippen molar-refractivity contribution in [3.8, 4) is 0 Å². The van der Waals surface area contributed by atoms with Crippen LogP contribution in [0.4, 0.5) is 15.8 Å². The van der Waals surface area contributed by atoms with Crippen LogP contribution in [-0.2, 0) is 4.79 Å². The van der Waals surface area contributed by atoms with Crippen molar-refractivity contribution >= 4 is 39.8 Å². The highest BCUT2D eigenvalue weighted by atomic mass is 35.5. The molecule has 0 saturated heterocycles. The van der Waals surface area contributed by atoms with Gasteiger partial charge in [0.1, 0.15) is 5.82 Å². The Balaban J connectivity index is 1.35. The van der Waals surface area contributed by atoms with Crippen molar-refractivity contribution in [3.63, 3.8) is 0 Å². The van der Waals surface area contributed by atoms with Crippen LogP contribution in [0.5, 0.6) is 0 Å². The van der Waals surface area contributed by atoms with Crippen molar-refractivity contribution in [2.45, 2.75) is 19.3 Å². The summed E-state index contributed by atoms with van der Waals surface area (Å²) in [5.41, 5.74) is 3.33. The summed E-state index contributed by atoms with van der Waals surface area (Å²) in [6.07, 6.45) is 6.50. The Labute approximate surface area is 179 Å². The number of nitrogens with one attached hydrogen (secondary N) is 1. The molecular formula is C24H21ClFN3O. The first-order valence-electron chi connectivity index (χ1n) is 10.1. The van der Waals surface area contributed by atoms with Gasteiger partial charge >= 0.3 is 0 Å². The first-order valence-corrected chi connectivity index (χ1v) is 10.5. The fraction of sp³-hybridized carbons (Fsp3) is 0.250. The van der Waals surface area contributed by atoms with E-state index >= 15 is 0 Å². The Morgan fingerprint density at radius 1 is 1.13 bits per heavy atom. The van der Waals surface area contributed by atoms with Gasteiger partial charge in [-0.3, -0.25) is 9.78 Å². The SMILES string of the molecule is O=C(Nc1ccc(Cl)cc1)C1(C2=CCN(c3ccnc4ccc(F)cc34)CC2)CC1. The maximum atomic E-state index is 13.8. The van der Waals surface area contributed by atoms with E-state index < -0.39 is 5.41 Å². The minimum Gasteiger partial charge on any atom is -0.367 e. The van der Waals surface area contributed by atoms with E-state index in [4.69, 9.17) is 11.6 Å². The highest BCUT2D eigenvalue weighted by molar-refractivity contribution is 6.30. The largest absolute Gasteiger partial charge is 0.367 e. The molecule has 0 radical (unpaired) electrons. The third kappa shape index (κ3) is 3.43. The second-order valence-electron chi connectivity index (χ2n) is 7.96. The van der Waals surface area contributed by atoms with Crippen LogP contribution in [0, 0.1) is 11.2 Å². The lowest BCUT2D eigenvalue weighted by molar-refractivity contribution is -0.120. The van der Waals surface area contributed by atoms with Gasteiger partial charge in [0.15, 0.2) is 0 Å².